The molecule has 0 unspecified atom stereocenters. The summed E-state index contributed by atoms with van der Waals surface area (Å²) >= 11 is 0. The lowest BCUT2D eigenvalue weighted by molar-refractivity contribution is -0.404. The molecule has 11 nitrogen and oxygen atoms in total. The first kappa shape index (κ1) is 14.7. The summed E-state index contributed by atoms with van der Waals surface area (Å²) in [4.78, 5) is 27.8. The Bertz CT molecular complexity index is 503. The predicted molar refractivity (Wildman–Crippen MR) is 53.0 cm³/mol. The lowest BCUT2D eigenvalue weighted by Gasteiger charge is -1.97. The molecule has 0 aliphatic rings. The molecule has 1 N–H and O–H groups in total. The van der Waals surface area contributed by atoms with E-state index in [-0.39, 0.29) is 0 Å². The number of hydrogen-bond donors (Lipinski definition) is 1. The third-order valence-electron chi connectivity index (χ3n) is 1.66. The average molecular weight is 255 g/mol. The second-order valence-electron chi connectivity index (χ2n) is 2.60. The van der Waals surface area contributed by atoms with E-state index < -0.39 is 37.6 Å². The summed E-state index contributed by atoms with van der Waals surface area (Å²) < 4.78 is 0. The van der Waals surface area contributed by atoms with Gasteiger partial charge >= 0.3 is 11.4 Å². The number of phenols is 1. The van der Waals surface area contributed by atoms with E-state index in [1.54, 1.807) is 0 Å². The quantitative estimate of drug-likeness (QED) is 0.476. The van der Waals surface area contributed by atoms with Crippen molar-refractivity contribution in [3.8, 4) is 5.75 Å². The first-order valence-electron chi connectivity index (χ1n) is 3.87. The van der Waals surface area contributed by atoms with Crippen LogP contribution in [0.2, 0.25) is 0 Å². The zero-order chi connectivity index (χ0) is 14.5. The molecular weight excluding hydrogens is 252 g/mol. The van der Waals surface area contributed by atoms with Crippen molar-refractivity contribution < 1.29 is 19.9 Å². The van der Waals surface area contributed by atoms with Crippen LogP contribution in [0.15, 0.2) is 12.1 Å². The first-order valence-corrected chi connectivity index (χ1v) is 3.87. The van der Waals surface area contributed by atoms with Gasteiger partial charge in [0.1, 0.15) is 0 Å². The number of benzene rings is 1. The van der Waals surface area contributed by atoms with Crippen LogP contribution in [0.3, 0.4) is 0 Å². The molecule has 0 aromatic heterocycles. The van der Waals surface area contributed by atoms with E-state index in [0.29, 0.717) is 12.1 Å². The Balaban J connectivity index is 0.00000137. The van der Waals surface area contributed by atoms with Crippen molar-refractivity contribution in [2.45, 2.75) is 0 Å². The van der Waals surface area contributed by atoms with Gasteiger partial charge in [0.25, 0.3) is 11.4 Å². The number of rotatable bonds is 3. The number of nitro benzene ring substituents is 3. The van der Waals surface area contributed by atoms with Gasteiger partial charge in [0.2, 0.25) is 0 Å². The van der Waals surface area contributed by atoms with Crippen molar-refractivity contribution in [2.24, 2.45) is 0 Å². The molecular formula is C7H3N4O7-. The molecule has 18 heavy (non-hydrogen) atoms. The highest BCUT2D eigenvalue weighted by Crippen LogP contribution is 2.38. The van der Waals surface area contributed by atoms with E-state index in [2.05, 4.69) is 0 Å². The van der Waals surface area contributed by atoms with Gasteiger partial charge in [0.05, 0.1) is 26.9 Å². The molecule has 0 heterocycles. The highest BCUT2D eigenvalue weighted by Gasteiger charge is 2.29. The molecule has 1 aromatic carbocycles. The number of non-ortho nitro benzene ring substituents is 1. The predicted octanol–water partition coefficient (Wildman–Crippen LogP) is 1.21. The number of hydrogen-bond acceptors (Lipinski definition) is 8. The largest absolute Gasteiger partial charge is 0.512 e. The average Bonchev–Trinajstić information content (AvgIpc) is 2.30. The van der Waals surface area contributed by atoms with Crippen molar-refractivity contribution in [2.75, 3.05) is 0 Å². The molecule has 94 valence electrons. The van der Waals surface area contributed by atoms with Crippen molar-refractivity contribution in [3.63, 3.8) is 0 Å². The fourth-order valence-corrected chi connectivity index (χ4v) is 0.974. The smallest absolute Gasteiger partial charge is 0.324 e. The Morgan fingerprint density at radius 1 is 0.944 bits per heavy atom. The van der Waals surface area contributed by atoms with Gasteiger partial charge in [0.15, 0.2) is 0 Å². The molecule has 0 aliphatic heterocycles. The summed E-state index contributed by atoms with van der Waals surface area (Å²) in [6.07, 6.45) is 0. The molecule has 11 heteroatoms. The fraction of sp³-hybridized carbons (Fsp3) is 0. The van der Waals surface area contributed by atoms with Crippen LogP contribution in [0, 0.1) is 42.2 Å². The molecule has 0 amide bonds. The Morgan fingerprint density at radius 3 is 1.50 bits per heavy atom. The van der Waals surface area contributed by atoms with Gasteiger partial charge in [-0.15, -0.1) is 0 Å². The molecule has 0 aliphatic carbocycles. The third-order valence-corrected chi connectivity index (χ3v) is 1.66. The van der Waals surface area contributed by atoms with Crippen molar-refractivity contribution in [1.82, 2.24) is 0 Å². The monoisotopic (exact) mass is 255 g/mol. The van der Waals surface area contributed by atoms with Gasteiger partial charge in [-0.05, 0) is 0 Å². The van der Waals surface area contributed by atoms with Crippen LogP contribution in [0.25, 0.3) is 0 Å². The summed E-state index contributed by atoms with van der Waals surface area (Å²) in [6, 6.07) is 0.894. The number of nitrogens with zero attached hydrogens (tertiary/aromatic N) is 4. The van der Waals surface area contributed by atoms with Crippen LogP contribution in [0.4, 0.5) is 17.1 Å². The van der Waals surface area contributed by atoms with Crippen LogP contribution in [-0.2, 0) is 0 Å². The van der Waals surface area contributed by atoms with Gasteiger partial charge in [0, 0.05) is 0 Å². The second kappa shape index (κ2) is 5.70. The molecule has 1 aromatic rings. The van der Waals surface area contributed by atoms with Gasteiger partial charge in [-0.1, -0.05) is 0 Å². The Kier molecular flexibility index (Phi) is 4.66. The highest BCUT2D eigenvalue weighted by atomic mass is 16.6. The number of phenolic OH excluding ortho intramolecular Hbond substituents is 1. The van der Waals surface area contributed by atoms with Crippen LogP contribution >= 0.6 is 0 Å². The standard InChI is InChI=1S/C6H3N3O7.CN/c10-6-4(8(13)14)1-3(7(11)12)2-5(6)9(15)16;1-2/h1-2,10H;/q;-1. The van der Waals surface area contributed by atoms with E-state index in [0.717, 1.165) is 0 Å². The Morgan fingerprint density at radius 2 is 1.28 bits per heavy atom. The maximum absolute atomic E-state index is 10.4. The minimum atomic E-state index is -1.21. The number of aromatic hydroxyl groups is 1. The van der Waals surface area contributed by atoms with Gasteiger partial charge in [-0.2, -0.15) is 0 Å². The molecule has 0 saturated heterocycles. The normalized spacial score (nSPS) is 8.78. The minimum absolute atomic E-state index is 0.447. The van der Waals surface area contributed by atoms with Crippen molar-refractivity contribution >= 4 is 17.1 Å². The topological polar surface area (TPSA) is 173 Å². The van der Waals surface area contributed by atoms with E-state index in [4.69, 9.17) is 16.9 Å². The summed E-state index contributed by atoms with van der Waals surface area (Å²) in [6.45, 7) is 4.75. The maximum Gasteiger partial charge on any atom is 0.324 e. The van der Waals surface area contributed by atoms with Crippen molar-refractivity contribution in [3.05, 3.63) is 49.0 Å². The SMILES string of the molecule is O=[N+]([O-])c1cc([N+](=O)[O-])c(O)c([N+](=O)[O-])c1.[C-]#N. The van der Waals surface area contributed by atoms with Gasteiger partial charge in [-0.25, -0.2) is 0 Å². The Labute approximate surface area is 97.9 Å². The molecule has 1 rings (SSSR count). The Hall–Kier alpha value is -3.29. The van der Waals surface area contributed by atoms with Crippen molar-refractivity contribution in [1.29, 1.82) is 5.26 Å². The maximum atomic E-state index is 10.4. The summed E-state index contributed by atoms with van der Waals surface area (Å²) in [5.74, 6) is -1.21. The van der Waals surface area contributed by atoms with E-state index >= 15 is 0 Å². The highest BCUT2D eigenvalue weighted by molar-refractivity contribution is 5.64. The second-order valence-corrected chi connectivity index (χ2v) is 2.60. The lowest BCUT2D eigenvalue weighted by atomic mass is 10.2. The van der Waals surface area contributed by atoms with Gasteiger partial charge in [-0.3, -0.25) is 30.3 Å². The van der Waals surface area contributed by atoms with Crippen LogP contribution in [0.1, 0.15) is 0 Å². The minimum Gasteiger partial charge on any atom is -0.512 e. The zero-order valence-corrected chi connectivity index (χ0v) is 8.34. The summed E-state index contributed by atoms with van der Waals surface area (Å²) in [5, 5.41) is 46.5. The fourth-order valence-electron chi connectivity index (χ4n) is 0.974. The van der Waals surface area contributed by atoms with Gasteiger partial charge < -0.3 is 16.9 Å². The van der Waals surface area contributed by atoms with Crippen LogP contribution in [0.5, 0.6) is 5.75 Å². The summed E-state index contributed by atoms with van der Waals surface area (Å²) in [7, 11) is 0. The van der Waals surface area contributed by atoms with E-state index in [1.165, 1.54) is 0 Å². The molecule has 0 atom stereocenters. The van der Waals surface area contributed by atoms with E-state index in [9.17, 15) is 30.3 Å². The first-order chi connectivity index (χ1) is 8.34. The van der Waals surface area contributed by atoms with E-state index in [1.807, 2.05) is 0 Å². The van der Waals surface area contributed by atoms with Crippen LogP contribution < -0.4 is 0 Å². The molecule has 0 spiro atoms. The molecule has 0 radical (unpaired) electrons. The summed E-state index contributed by atoms with van der Waals surface area (Å²) in [5.41, 5.74) is -3.00. The molecule has 0 saturated carbocycles. The number of nitro groups is 3. The molecule has 0 bridgehead atoms. The third kappa shape index (κ3) is 2.85. The lowest BCUT2D eigenvalue weighted by Crippen LogP contribution is -1.97. The van der Waals surface area contributed by atoms with Crippen LogP contribution in [-0.4, -0.2) is 19.9 Å². The zero-order valence-electron chi connectivity index (χ0n) is 8.34. The molecule has 0 fully saturated rings.